The molecule has 0 aliphatic rings. The summed E-state index contributed by atoms with van der Waals surface area (Å²) in [6, 6.07) is 2.64. The first-order chi connectivity index (χ1) is 12.5. The molecule has 1 heterocycles. The number of thioether (sulfide) groups is 2. The van der Waals surface area contributed by atoms with Crippen LogP contribution in [0.2, 0.25) is 0 Å². The van der Waals surface area contributed by atoms with Crippen LogP contribution in [0.1, 0.15) is 16.1 Å². The quantitative estimate of drug-likeness (QED) is 0.557. The van der Waals surface area contributed by atoms with Crippen molar-refractivity contribution in [3.05, 3.63) is 40.8 Å². The highest BCUT2D eigenvalue weighted by molar-refractivity contribution is 7.99. The fraction of sp³-hybridized carbons (Fsp3) is 0.294. The molecule has 0 radical (unpaired) electrons. The van der Waals surface area contributed by atoms with Gasteiger partial charge in [0.05, 0.1) is 19.0 Å². The number of ether oxygens (including phenoxy) is 1. The maximum absolute atomic E-state index is 12.9. The van der Waals surface area contributed by atoms with E-state index in [1.54, 1.807) is 18.3 Å². The lowest BCUT2D eigenvalue weighted by molar-refractivity contribution is -0.142. The summed E-state index contributed by atoms with van der Waals surface area (Å²) in [5.41, 5.74) is 1.78. The number of hydrogen-bond donors (Lipinski definition) is 2. The Bertz CT molecular complexity index is 806. The average molecular weight is 391 g/mol. The lowest BCUT2D eigenvalue weighted by Gasteiger charge is -2.18. The van der Waals surface area contributed by atoms with E-state index >= 15 is 0 Å². The molecule has 2 aromatic rings. The number of esters is 1. The van der Waals surface area contributed by atoms with Crippen molar-refractivity contribution >= 4 is 41.1 Å². The Hall–Kier alpha value is -2.44. The summed E-state index contributed by atoms with van der Waals surface area (Å²) >= 11 is 2.81. The van der Waals surface area contributed by atoms with E-state index in [2.05, 4.69) is 20.1 Å². The smallest absolute Gasteiger partial charge is 0.342 e. The molecule has 9 heteroatoms. The molecule has 136 valence electrons. The van der Waals surface area contributed by atoms with Crippen LogP contribution >= 0.6 is 23.5 Å². The van der Waals surface area contributed by atoms with Gasteiger partial charge in [-0.05, 0) is 17.4 Å². The van der Waals surface area contributed by atoms with Crippen LogP contribution in [-0.2, 0) is 16.0 Å². The van der Waals surface area contributed by atoms with Crippen LogP contribution in [0.5, 0.6) is 0 Å². The zero-order valence-electron chi connectivity index (χ0n) is 14.6. The maximum atomic E-state index is 12.9. The van der Waals surface area contributed by atoms with E-state index in [0.717, 1.165) is 9.79 Å². The Balaban J connectivity index is 2.34. The van der Waals surface area contributed by atoms with Gasteiger partial charge in [0.2, 0.25) is 0 Å². The number of aromatic amines is 1. The molecular weight excluding hydrogens is 372 g/mol. The molecule has 2 rings (SSSR count). The zero-order valence-corrected chi connectivity index (χ0v) is 16.2. The van der Waals surface area contributed by atoms with Crippen LogP contribution in [0.15, 0.2) is 34.4 Å². The van der Waals surface area contributed by atoms with E-state index in [1.165, 1.54) is 37.0 Å². The lowest BCUT2D eigenvalue weighted by atomic mass is 10.1. The Morgan fingerprint density at radius 1 is 1.35 bits per heavy atom. The first-order valence-corrected chi connectivity index (χ1v) is 10.0. The van der Waals surface area contributed by atoms with Crippen molar-refractivity contribution in [2.24, 2.45) is 0 Å². The van der Waals surface area contributed by atoms with Crippen LogP contribution in [0.3, 0.4) is 0 Å². The number of aromatic nitrogens is 2. The highest BCUT2D eigenvalue weighted by Gasteiger charge is 2.27. The summed E-state index contributed by atoms with van der Waals surface area (Å²) in [6.07, 6.45) is 7.08. The van der Waals surface area contributed by atoms with Crippen molar-refractivity contribution in [3.63, 3.8) is 0 Å². The van der Waals surface area contributed by atoms with E-state index in [1.807, 2.05) is 12.5 Å². The highest BCUT2D eigenvalue weighted by Crippen LogP contribution is 2.34. The number of carbonyl (C=O) groups excluding carboxylic acids is 2. The highest BCUT2D eigenvalue weighted by atomic mass is 32.2. The van der Waals surface area contributed by atoms with Gasteiger partial charge in [-0.2, -0.15) is 0 Å². The van der Waals surface area contributed by atoms with Crippen LogP contribution in [0.4, 0.5) is 5.69 Å². The summed E-state index contributed by atoms with van der Waals surface area (Å²) in [5.74, 6) is -0.893. The summed E-state index contributed by atoms with van der Waals surface area (Å²) < 4.78 is 4.82. The van der Waals surface area contributed by atoms with Crippen LogP contribution in [0, 0.1) is 6.57 Å². The fourth-order valence-corrected chi connectivity index (χ4v) is 3.73. The van der Waals surface area contributed by atoms with Gasteiger partial charge in [0.25, 0.3) is 12.5 Å². The largest absolute Gasteiger partial charge is 0.467 e. The van der Waals surface area contributed by atoms with Crippen molar-refractivity contribution < 1.29 is 14.3 Å². The van der Waals surface area contributed by atoms with Gasteiger partial charge in [-0.25, -0.2) is 9.78 Å². The molecule has 1 atom stereocenters. The van der Waals surface area contributed by atoms with Gasteiger partial charge < -0.3 is 15.0 Å². The minimum Gasteiger partial charge on any atom is -0.467 e. The number of nitrogens with one attached hydrogen (secondary N) is 2. The van der Waals surface area contributed by atoms with Crippen molar-refractivity contribution in [3.8, 4) is 6.57 Å². The summed E-state index contributed by atoms with van der Waals surface area (Å²) in [6.45, 7) is 5.37. The van der Waals surface area contributed by atoms with Gasteiger partial charge in [-0.1, -0.05) is 0 Å². The predicted octanol–water partition coefficient (Wildman–Crippen LogP) is 2.96. The van der Waals surface area contributed by atoms with E-state index in [9.17, 15) is 9.59 Å². The summed E-state index contributed by atoms with van der Waals surface area (Å²) in [4.78, 5) is 37.0. The van der Waals surface area contributed by atoms with E-state index in [0.29, 0.717) is 16.9 Å². The molecule has 26 heavy (non-hydrogen) atoms. The second kappa shape index (κ2) is 9.31. The molecule has 0 fully saturated rings. The Morgan fingerprint density at radius 3 is 2.46 bits per heavy atom. The summed E-state index contributed by atoms with van der Waals surface area (Å²) in [5, 5.41) is 2.76. The molecule has 0 saturated carbocycles. The number of amides is 1. The Labute approximate surface area is 160 Å². The van der Waals surface area contributed by atoms with Crippen molar-refractivity contribution in [2.75, 3.05) is 19.6 Å². The molecule has 7 nitrogen and oxygen atoms in total. The van der Waals surface area contributed by atoms with Gasteiger partial charge >= 0.3 is 11.7 Å². The number of H-pyrrole nitrogens is 1. The number of carbonyl (C=O) groups is 2. The number of methoxy groups -OCH3 is 1. The van der Waals surface area contributed by atoms with E-state index < -0.39 is 12.0 Å². The Morgan fingerprint density at radius 2 is 2.00 bits per heavy atom. The first-order valence-electron chi connectivity index (χ1n) is 7.56. The number of imidazole rings is 1. The zero-order chi connectivity index (χ0) is 19.1. The molecule has 1 aromatic carbocycles. The molecule has 1 aromatic heterocycles. The second-order valence-electron chi connectivity index (χ2n) is 5.18. The van der Waals surface area contributed by atoms with Gasteiger partial charge in [0.1, 0.15) is 6.04 Å². The van der Waals surface area contributed by atoms with Crippen LogP contribution < -0.4 is 5.32 Å². The number of nitrogens with zero attached hydrogens (tertiary/aromatic N) is 2. The third kappa shape index (κ3) is 4.59. The van der Waals surface area contributed by atoms with E-state index in [-0.39, 0.29) is 12.3 Å². The SMILES string of the molecule is C#[N+]c1cc(SC)c(C(=O)N[C@H](Cc2cnc[nH]2)C(=O)OC)c(SC)c1. The topological polar surface area (TPSA) is 88.4 Å². The van der Waals surface area contributed by atoms with Gasteiger partial charge in [-0.15, -0.1) is 23.5 Å². The normalized spacial score (nSPS) is 11.5. The van der Waals surface area contributed by atoms with Crippen molar-refractivity contribution in [1.82, 2.24) is 15.3 Å². The molecule has 2 N–H and O–H groups in total. The number of rotatable bonds is 7. The molecule has 0 bridgehead atoms. The standard InChI is InChI=1S/C17H18N4O3S2/c1-18-10-6-13(25-3)15(14(7-10)26-4)16(22)21-12(17(23)24-2)5-11-8-19-9-20-11/h1,6-9,12H,5H2,2-4H3,(H-,19,20,21,22)/p+1/t12-/m1/s1. The fourth-order valence-electron chi connectivity index (χ4n) is 2.38. The predicted molar refractivity (Wildman–Crippen MR) is 104 cm³/mol. The first kappa shape index (κ1) is 19.9. The molecule has 0 unspecified atom stereocenters. The molecule has 0 aliphatic carbocycles. The minimum absolute atomic E-state index is 0.248. The molecule has 0 saturated heterocycles. The van der Waals surface area contributed by atoms with Crippen molar-refractivity contribution in [2.45, 2.75) is 22.3 Å². The molecular formula is C17H19N4O3S2+. The van der Waals surface area contributed by atoms with Crippen molar-refractivity contribution in [1.29, 1.82) is 0 Å². The van der Waals surface area contributed by atoms with Gasteiger partial charge in [0, 0.05) is 40.2 Å². The van der Waals surface area contributed by atoms with Gasteiger partial charge in [0.15, 0.2) is 0 Å². The van der Waals surface area contributed by atoms with Gasteiger partial charge in [-0.3, -0.25) is 4.79 Å². The number of benzene rings is 1. The second-order valence-corrected chi connectivity index (χ2v) is 6.88. The Kier molecular flexibility index (Phi) is 7.12. The lowest BCUT2D eigenvalue weighted by Crippen LogP contribution is -2.43. The summed E-state index contributed by atoms with van der Waals surface area (Å²) in [7, 11) is 1.28. The molecule has 0 aliphatic heterocycles. The average Bonchev–Trinajstić information content (AvgIpc) is 3.18. The third-order valence-corrected chi connectivity index (χ3v) is 5.16. The van der Waals surface area contributed by atoms with Crippen LogP contribution in [0.25, 0.3) is 4.85 Å². The van der Waals surface area contributed by atoms with E-state index in [4.69, 9.17) is 11.3 Å². The molecule has 1 amide bonds. The third-order valence-electron chi connectivity index (χ3n) is 3.64. The number of hydrogen-bond acceptors (Lipinski definition) is 6. The maximum Gasteiger partial charge on any atom is 0.342 e. The monoisotopic (exact) mass is 391 g/mol. The van der Waals surface area contributed by atoms with Crippen LogP contribution in [-0.4, -0.2) is 47.5 Å². The minimum atomic E-state index is -0.837. The molecule has 0 spiro atoms.